The first-order chi connectivity index (χ1) is 9.24. The summed E-state index contributed by atoms with van der Waals surface area (Å²) in [4.78, 5) is 12.0. The Kier molecular flexibility index (Phi) is 4.57. The lowest BCUT2D eigenvalue weighted by atomic mass is 9.81. The first-order valence-electron chi connectivity index (χ1n) is 7.01. The predicted octanol–water partition coefficient (Wildman–Crippen LogP) is 2.91. The van der Waals surface area contributed by atoms with Crippen molar-refractivity contribution < 1.29 is 4.79 Å². The van der Waals surface area contributed by atoms with Crippen LogP contribution in [0.5, 0.6) is 0 Å². The van der Waals surface area contributed by atoms with Gasteiger partial charge in [-0.2, -0.15) is 5.26 Å². The van der Waals surface area contributed by atoms with Crippen LogP contribution in [0, 0.1) is 11.3 Å². The molecular formula is C16H20N2O. The normalized spacial score (nSPS) is 19.1. The van der Waals surface area contributed by atoms with E-state index in [-0.39, 0.29) is 11.9 Å². The Balaban J connectivity index is 2.01. The summed E-state index contributed by atoms with van der Waals surface area (Å²) in [6.07, 6.45) is 4.47. The molecule has 0 bridgehead atoms. The molecule has 0 aromatic heterocycles. The smallest absolute Gasteiger partial charge is 0.221 e. The topological polar surface area (TPSA) is 52.9 Å². The van der Waals surface area contributed by atoms with Gasteiger partial charge in [0.25, 0.3) is 0 Å². The zero-order valence-corrected chi connectivity index (χ0v) is 11.4. The first kappa shape index (κ1) is 13.6. The average molecular weight is 256 g/mol. The fraction of sp³-hybridized carbons (Fsp3) is 0.500. The SMILES string of the molecule is CC[C@@H](C#N)NC(=O)C[C@H]1CCCc2ccccc21. The molecule has 3 heteroatoms. The van der Waals surface area contributed by atoms with E-state index in [1.54, 1.807) is 0 Å². The third-order valence-electron chi connectivity index (χ3n) is 3.82. The molecule has 1 aromatic rings. The van der Waals surface area contributed by atoms with E-state index in [0.29, 0.717) is 18.8 Å². The van der Waals surface area contributed by atoms with Gasteiger partial charge in [0, 0.05) is 6.42 Å². The molecule has 0 heterocycles. The quantitative estimate of drug-likeness (QED) is 0.900. The third-order valence-corrected chi connectivity index (χ3v) is 3.82. The van der Waals surface area contributed by atoms with E-state index in [1.165, 1.54) is 11.1 Å². The van der Waals surface area contributed by atoms with E-state index >= 15 is 0 Å². The lowest BCUT2D eigenvalue weighted by Gasteiger charge is -2.25. The van der Waals surface area contributed by atoms with Gasteiger partial charge in [-0.25, -0.2) is 0 Å². The molecule has 1 N–H and O–H groups in total. The summed E-state index contributed by atoms with van der Waals surface area (Å²) in [6.45, 7) is 1.91. The van der Waals surface area contributed by atoms with Gasteiger partial charge >= 0.3 is 0 Å². The van der Waals surface area contributed by atoms with Crippen molar-refractivity contribution in [3.63, 3.8) is 0 Å². The number of hydrogen-bond acceptors (Lipinski definition) is 2. The number of nitrogens with one attached hydrogen (secondary N) is 1. The van der Waals surface area contributed by atoms with Crippen LogP contribution < -0.4 is 5.32 Å². The Morgan fingerprint density at radius 1 is 1.53 bits per heavy atom. The van der Waals surface area contributed by atoms with E-state index in [4.69, 9.17) is 5.26 Å². The Morgan fingerprint density at radius 3 is 3.05 bits per heavy atom. The van der Waals surface area contributed by atoms with Crippen molar-refractivity contribution in [1.29, 1.82) is 5.26 Å². The van der Waals surface area contributed by atoms with Gasteiger partial charge in [0.2, 0.25) is 5.91 Å². The maximum Gasteiger partial charge on any atom is 0.221 e. The highest BCUT2D eigenvalue weighted by atomic mass is 16.1. The summed E-state index contributed by atoms with van der Waals surface area (Å²) in [7, 11) is 0. The largest absolute Gasteiger partial charge is 0.340 e. The number of aryl methyl sites for hydroxylation is 1. The van der Waals surface area contributed by atoms with Crippen molar-refractivity contribution in [2.75, 3.05) is 0 Å². The van der Waals surface area contributed by atoms with Crippen LogP contribution >= 0.6 is 0 Å². The number of rotatable bonds is 4. The van der Waals surface area contributed by atoms with E-state index in [2.05, 4.69) is 29.6 Å². The molecule has 2 atom stereocenters. The zero-order chi connectivity index (χ0) is 13.7. The molecule has 0 fully saturated rings. The minimum Gasteiger partial charge on any atom is -0.340 e. The number of nitriles is 1. The van der Waals surface area contributed by atoms with E-state index in [1.807, 2.05) is 13.0 Å². The fourth-order valence-electron chi connectivity index (χ4n) is 2.77. The second kappa shape index (κ2) is 6.38. The predicted molar refractivity (Wildman–Crippen MR) is 74.6 cm³/mol. The molecule has 3 nitrogen and oxygen atoms in total. The lowest BCUT2D eigenvalue weighted by molar-refractivity contribution is -0.121. The number of nitrogens with zero attached hydrogens (tertiary/aromatic N) is 1. The van der Waals surface area contributed by atoms with Gasteiger partial charge in [-0.15, -0.1) is 0 Å². The number of fused-ring (bicyclic) bond motifs is 1. The molecule has 1 amide bonds. The van der Waals surface area contributed by atoms with E-state index < -0.39 is 0 Å². The number of carbonyl (C=O) groups excluding carboxylic acids is 1. The van der Waals surface area contributed by atoms with Gasteiger partial charge in [0.1, 0.15) is 6.04 Å². The summed E-state index contributed by atoms with van der Waals surface area (Å²) < 4.78 is 0. The Morgan fingerprint density at radius 2 is 2.32 bits per heavy atom. The summed E-state index contributed by atoms with van der Waals surface area (Å²) in [6, 6.07) is 10.1. The van der Waals surface area contributed by atoms with Gasteiger partial charge < -0.3 is 5.32 Å². The molecule has 1 aromatic carbocycles. The van der Waals surface area contributed by atoms with Crippen molar-refractivity contribution in [3.8, 4) is 6.07 Å². The molecule has 2 rings (SSSR count). The van der Waals surface area contributed by atoms with Gasteiger partial charge in [-0.3, -0.25) is 4.79 Å². The van der Waals surface area contributed by atoms with Crippen LogP contribution in [0.1, 0.15) is 49.7 Å². The summed E-state index contributed by atoms with van der Waals surface area (Å²) >= 11 is 0. The van der Waals surface area contributed by atoms with Crippen LogP contribution in [0.15, 0.2) is 24.3 Å². The highest BCUT2D eigenvalue weighted by Crippen LogP contribution is 2.33. The van der Waals surface area contributed by atoms with Crippen molar-refractivity contribution in [1.82, 2.24) is 5.32 Å². The molecular weight excluding hydrogens is 236 g/mol. The van der Waals surface area contributed by atoms with Crippen molar-refractivity contribution in [3.05, 3.63) is 35.4 Å². The molecule has 19 heavy (non-hydrogen) atoms. The number of carbonyl (C=O) groups is 1. The average Bonchev–Trinajstić information content (AvgIpc) is 2.45. The van der Waals surface area contributed by atoms with Gasteiger partial charge in [-0.05, 0) is 42.7 Å². The van der Waals surface area contributed by atoms with E-state index in [0.717, 1.165) is 19.3 Å². The van der Waals surface area contributed by atoms with Crippen LogP contribution in [0.2, 0.25) is 0 Å². The Labute approximate surface area is 114 Å². The van der Waals surface area contributed by atoms with Crippen LogP contribution in [-0.4, -0.2) is 11.9 Å². The second-order valence-corrected chi connectivity index (χ2v) is 5.15. The molecule has 0 saturated carbocycles. The molecule has 0 radical (unpaired) electrons. The molecule has 1 aliphatic rings. The Hall–Kier alpha value is -1.82. The zero-order valence-electron chi connectivity index (χ0n) is 11.4. The van der Waals surface area contributed by atoms with Crippen molar-refractivity contribution >= 4 is 5.91 Å². The monoisotopic (exact) mass is 256 g/mol. The maximum absolute atomic E-state index is 12.0. The summed E-state index contributed by atoms with van der Waals surface area (Å²) in [5, 5.41) is 11.7. The van der Waals surface area contributed by atoms with Crippen LogP contribution in [-0.2, 0) is 11.2 Å². The number of hydrogen-bond donors (Lipinski definition) is 1. The summed E-state index contributed by atoms with van der Waals surface area (Å²) in [5.74, 6) is 0.302. The molecule has 1 aliphatic carbocycles. The highest BCUT2D eigenvalue weighted by molar-refractivity contribution is 5.77. The van der Waals surface area contributed by atoms with Gasteiger partial charge in [0.05, 0.1) is 6.07 Å². The van der Waals surface area contributed by atoms with E-state index in [9.17, 15) is 4.79 Å². The standard InChI is InChI=1S/C16H20N2O/c1-2-14(11-17)18-16(19)10-13-8-5-7-12-6-3-4-9-15(12)13/h3-4,6,9,13-14H,2,5,7-8,10H2,1H3,(H,18,19)/t13-,14+/m1/s1. The van der Waals surface area contributed by atoms with Gasteiger partial charge in [-0.1, -0.05) is 31.2 Å². The van der Waals surface area contributed by atoms with Crippen LogP contribution in [0.3, 0.4) is 0 Å². The molecule has 100 valence electrons. The summed E-state index contributed by atoms with van der Waals surface area (Å²) in [5.41, 5.74) is 2.69. The van der Waals surface area contributed by atoms with Crippen molar-refractivity contribution in [2.24, 2.45) is 0 Å². The second-order valence-electron chi connectivity index (χ2n) is 5.15. The number of benzene rings is 1. The minimum atomic E-state index is -0.355. The Bertz CT molecular complexity index is 490. The van der Waals surface area contributed by atoms with Crippen LogP contribution in [0.4, 0.5) is 0 Å². The molecule has 0 aliphatic heterocycles. The highest BCUT2D eigenvalue weighted by Gasteiger charge is 2.22. The molecule has 0 saturated heterocycles. The fourth-order valence-corrected chi connectivity index (χ4v) is 2.77. The lowest BCUT2D eigenvalue weighted by Crippen LogP contribution is -2.34. The van der Waals surface area contributed by atoms with Crippen molar-refractivity contribution in [2.45, 2.75) is 51.0 Å². The first-order valence-corrected chi connectivity index (χ1v) is 7.01. The number of amides is 1. The van der Waals surface area contributed by atoms with Gasteiger partial charge in [0.15, 0.2) is 0 Å². The molecule has 0 spiro atoms. The third kappa shape index (κ3) is 3.35. The molecule has 0 unspecified atom stereocenters. The minimum absolute atomic E-state index is 0.00453. The maximum atomic E-state index is 12.0. The van der Waals surface area contributed by atoms with Crippen LogP contribution in [0.25, 0.3) is 0 Å².